The maximum atomic E-state index is 12.6. The summed E-state index contributed by atoms with van der Waals surface area (Å²) in [6.45, 7) is 8.15. The molecular formula is C15H26N2O3. The van der Waals surface area contributed by atoms with Crippen LogP contribution in [0.25, 0.3) is 0 Å². The molecule has 5 heteroatoms. The van der Waals surface area contributed by atoms with E-state index in [0.29, 0.717) is 6.54 Å². The second-order valence-corrected chi connectivity index (χ2v) is 7.25. The fourth-order valence-corrected chi connectivity index (χ4v) is 2.85. The van der Waals surface area contributed by atoms with Crippen molar-refractivity contribution in [3.8, 4) is 0 Å². The first-order valence-corrected chi connectivity index (χ1v) is 7.34. The number of ether oxygens (including phenoxy) is 1. The average Bonchev–Trinajstić information content (AvgIpc) is 2.51. The molecular weight excluding hydrogens is 256 g/mol. The highest BCUT2D eigenvalue weighted by molar-refractivity contribution is 6.07. The average molecular weight is 282 g/mol. The summed E-state index contributed by atoms with van der Waals surface area (Å²) in [5.41, 5.74) is -1.27. The molecule has 20 heavy (non-hydrogen) atoms. The first-order valence-electron chi connectivity index (χ1n) is 7.34. The highest BCUT2D eigenvalue weighted by Crippen LogP contribution is 2.39. The molecule has 0 radical (unpaired) electrons. The van der Waals surface area contributed by atoms with Gasteiger partial charge in [-0.15, -0.1) is 0 Å². The quantitative estimate of drug-likeness (QED) is 0.805. The van der Waals surface area contributed by atoms with E-state index in [4.69, 9.17) is 4.74 Å². The second-order valence-electron chi connectivity index (χ2n) is 7.25. The minimum atomic E-state index is -0.829. The Morgan fingerprint density at radius 3 is 2.25 bits per heavy atom. The second kappa shape index (κ2) is 4.72. The smallest absolute Gasteiger partial charge is 0.325 e. The number of methoxy groups -OCH3 is 1. The molecule has 1 heterocycles. The van der Waals surface area contributed by atoms with Gasteiger partial charge in [0, 0.05) is 13.7 Å². The summed E-state index contributed by atoms with van der Waals surface area (Å²) in [6.07, 6.45) is 3.92. The fourth-order valence-electron chi connectivity index (χ4n) is 2.85. The molecule has 3 amide bonds. The molecule has 114 valence electrons. The van der Waals surface area contributed by atoms with Crippen molar-refractivity contribution in [3.63, 3.8) is 0 Å². The van der Waals surface area contributed by atoms with Gasteiger partial charge < -0.3 is 10.1 Å². The van der Waals surface area contributed by atoms with Gasteiger partial charge in [-0.25, -0.2) is 4.79 Å². The number of urea groups is 1. The molecule has 0 aromatic heterocycles. The number of hydrogen-bond donors (Lipinski definition) is 1. The number of amides is 3. The summed E-state index contributed by atoms with van der Waals surface area (Å²) < 4.78 is 5.55. The third-order valence-corrected chi connectivity index (χ3v) is 5.26. The minimum absolute atomic E-state index is 0.124. The monoisotopic (exact) mass is 282 g/mol. The molecule has 2 rings (SSSR count). The predicted molar refractivity (Wildman–Crippen MR) is 76.3 cm³/mol. The molecule has 2 fully saturated rings. The summed E-state index contributed by atoms with van der Waals surface area (Å²) in [5, 5.41) is 2.86. The summed E-state index contributed by atoms with van der Waals surface area (Å²) in [5.74, 6) is -0.124. The molecule has 1 N–H and O–H groups in total. The van der Waals surface area contributed by atoms with Crippen molar-refractivity contribution in [3.05, 3.63) is 0 Å². The summed E-state index contributed by atoms with van der Waals surface area (Å²) in [7, 11) is 1.71. The fraction of sp³-hybridized carbons (Fsp3) is 0.867. The van der Waals surface area contributed by atoms with E-state index in [1.54, 1.807) is 7.11 Å². The van der Waals surface area contributed by atoms with Crippen LogP contribution in [0.15, 0.2) is 0 Å². The van der Waals surface area contributed by atoms with Gasteiger partial charge in [-0.1, -0.05) is 20.8 Å². The number of imide groups is 1. The van der Waals surface area contributed by atoms with E-state index in [2.05, 4.69) is 5.32 Å². The van der Waals surface area contributed by atoms with Gasteiger partial charge in [0.1, 0.15) is 5.54 Å². The molecule has 1 unspecified atom stereocenters. The van der Waals surface area contributed by atoms with Crippen LogP contribution in [0.5, 0.6) is 0 Å². The van der Waals surface area contributed by atoms with Crippen LogP contribution in [-0.2, 0) is 9.53 Å². The van der Waals surface area contributed by atoms with E-state index >= 15 is 0 Å². The molecule has 1 aliphatic heterocycles. The molecule has 0 spiro atoms. The molecule has 0 aromatic carbocycles. The zero-order valence-electron chi connectivity index (χ0n) is 13.2. The Kier molecular flexibility index (Phi) is 3.61. The van der Waals surface area contributed by atoms with E-state index in [0.717, 1.165) is 25.7 Å². The van der Waals surface area contributed by atoms with Crippen LogP contribution in [-0.4, -0.2) is 41.6 Å². The van der Waals surface area contributed by atoms with Gasteiger partial charge in [0.25, 0.3) is 5.91 Å². The van der Waals surface area contributed by atoms with E-state index < -0.39 is 5.54 Å². The van der Waals surface area contributed by atoms with Crippen LogP contribution in [0, 0.1) is 5.41 Å². The maximum absolute atomic E-state index is 12.6. The Bertz CT molecular complexity index is 418. The van der Waals surface area contributed by atoms with Crippen molar-refractivity contribution in [2.75, 3.05) is 13.7 Å². The van der Waals surface area contributed by atoms with Crippen molar-refractivity contribution in [1.82, 2.24) is 10.2 Å². The van der Waals surface area contributed by atoms with Gasteiger partial charge in [0.2, 0.25) is 0 Å². The summed E-state index contributed by atoms with van der Waals surface area (Å²) in [4.78, 5) is 26.1. The van der Waals surface area contributed by atoms with Gasteiger partial charge in [0.05, 0.1) is 5.60 Å². The zero-order valence-corrected chi connectivity index (χ0v) is 13.2. The van der Waals surface area contributed by atoms with Crippen LogP contribution in [0.2, 0.25) is 0 Å². The highest BCUT2D eigenvalue weighted by Gasteiger charge is 2.54. The van der Waals surface area contributed by atoms with Crippen molar-refractivity contribution < 1.29 is 14.3 Å². The van der Waals surface area contributed by atoms with Crippen LogP contribution in [0.3, 0.4) is 0 Å². The normalized spacial score (nSPS) is 29.4. The molecule has 1 saturated heterocycles. The number of nitrogens with one attached hydrogen (secondary N) is 1. The highest BCUT2D eigenvalue weighted by atomic mass is 16.5. The Balaban J connectivity index is 2.06. The van der Waals surface area contributed by atoms with Gasteiger partial charge in [-0.3, -0.25) is 9.69 Å². The van der Waals surface area contributed by atoms with Crippen LogP contribution in [0.1, 0.15) is 53.4 Å². The van der Waals surface area contributed by atoms with Gasteiger partial charge in [-0.05, 0) is 38.0 Å². The largest absolute Gasteiger partial charge is 0.378 e. The topological polar surface area (TPSA) is 58.6 Å². The number of rotatable bonds is 4. The van der Waals surface area contributed by atoms with Crippen LogP contribution >= 0.6 is 0 Å². The lowest BCUT2D eigenvalue weighted by atomic mass is 9.74. The Labute approximate surface area is 121 Å². The standard InChI is InChI=1S/C15H26N2O3/c1-13(2,3)14(4)11(18)17(12(19)16-14)10-9-15(20-5)7-6-8-15/h6-10H2,1-5H3,(H,16,19). The number of nitrogens with zero attached hydrogens (tertiary/aromatic N) is 1. The molecule has 0 aromatic rings. The Morgan fingerprint density at radius 2 is 1.90 bits per heavy atom. The first kappa shape index (κ1) is 15.3. The first-order chi connectivity index (χ1) is 9.15. The molecule has 1 aliphatic carbocycles. The van der Waals surface area contributed by atoms with Crippen molar-refractivity contribution >= 4 is 11.9 Å². The van der Waals surface area contributed by atoms with E-state index in [-0.39, 0.29) is 23.0 Å². The summed E-state index contributed by atoms with van der Waals surface area (Å²) >= 11 is 0. The lowest BCUT2D eigenvalue weighted by Crippen LogP contribution is -2.54. The minimum Gasteiger partial charge on any atom is -0.378 e. The lowest BCUT2D eigenvalue weighted by molar-refractivity contribution is -0.135. The molecule has 2 aliphatic rings. The third-order valence-electron chi connectivity index (χ3n) is 5.26. The van der Waals surface area contributed by atoms with Crippen molar-refractivity contribution in [2.45, 2.75) is 64.5 Å². The van der Waals surface area contributed by atoms with E-state index in [1.807, 2.05) is 27.7 Å². The predicted octanol–water partition coefficient (Wildman–Crippen LogP) is 2.30. The van der Waals surface area contributed by atoms with E-state index in [1.165, 1.54) is 4.90 Å². The molecule has 5 nitrogen and oxygen atoms in total. The Hall–Kier alpha value is -1.10. The molecule has 0 bridgehead atoms. The Morgan fingerprint density at radius 1 is 1.30 bits per heavy atom. The van der Waals surface area contributed by atoms with Gasteiger partial charge in [-0.2, -0.15) is 0 Å². The summed E-state index contributed by atoms with van der Waals surface area (Å²) in [6, 6.07) is -0.280. The van der Waals surface area contributed by atoms with Crippen molar-refractivity contribution in [2.24, 2.45) is 5.41 Å². The zero-order chi connectivity index (χ0) is 15.2. The van der Waals surface area contributed by atoms with Crippen LogP contribution < -0.4 is 5.32 Å². The molecule has 1 saturated carbocycles. The van der Waals surface area contributed by atoms with Gasteiger partial charge in [0.15, 0.2) is 0 Å². The van der Waals surface area contributed by atoms with Crippen molar-refractivity contribution in [1.29, 1.82) is 0 Å². The maximum Gasteiger partial charge on any atom is 0.325 e. The van der Waals surface area contributed by atoms with Gasteiger partial charge >= 0.3 is 6.03 Å². The SMILES string of the molecule is COC1(CCN2C(=O)NC(C)(C(C)(C)C)C2=O)CCC1. The number of hydrogen-bond acceptors (Lipinski definition) is 3. The third kappa shape index (κ3) is 2.22. The lowest BCUT2D eigenvalue weighted by Gasteiger charge is -2.41. The van der Waals surface area contributed by atoms with Crippen LogP contribution in [0.4, 0.5) is 4.79 Å². The van der Waals surface area contributed by atoms with E-state index in [9.17, 15) is 9.59 Å². The number of carbonyl (C=O) groups excluding carboxylic acids is 2. The molecule has 1 atom stereocenters. The number of carbonyl (C=O) groups is 2.